The molecule has 6 heteroatoms. The van der Waals surface area contributed by atoms with E-state index in [9.17, 15) is 19.5 Å². The summed E-state index contributed by atoms with van der Waals surface area (Å²) in [6.07, 6.45) is 2.51. The van der Waals surface area contributed by atoms with Crippen molar-refractivity contribution in [1.82, 2.24) is 4.90 Å². The maximum absolute atomic E-state index is 12.4. The van der Waals surface area contributed by atoms with E-state index >= 15 is 0 Å². The van der Waals surface area contributed by atoms with Gasteiger partial charge in [-0.15, -0.1) is 0 Å². The zero-order chi connectivity index (χ0) is 18.0. The van der Waals surface area contributed by atoms with Crippen LogP contribution in [0.2, 0.25) is 0 Å². The van der Waals surface area contributed by atoms with E-state index in [0.29, 0.717) is 11.3 Å². The predicted molar refractivity (Wildman–Crippen MR) is 90.1 cm³/mol. The van der Waals surface area contributed by atoms with Crippen LogP contribution in [0.25, 0.3) is 0 Å². The molecule has 3 rings (SSSR count). The molecule has 6 nitrogen and oxygen atoms in total. The van der Waals surface area contributed by atoms with Gasteiger partial charge in [0.1, 0.15) is 18.5 Å². The van der Waals surface area contributed by atoms with Crippen molar-refractivity contribution in [3.05, 3.63) is 29.8 Å². The second-order valence-electron chi connectivity index (χ2n) is 6.83. The average molecular weight is 345 g/mol. The molecule has 1 heterocycles. The molecule has 3 atom stereocenters. The first kappa shape index (κ1) is 17.6. The Morgan fingerprint density at radius 2 is 1.88 bits per heavy atom. The van der Waals surface area contributed by atoms with Gasteiger partial charge in [0.25, 0.3) is 0 Å². The van der Waals surface area contributed by atoms with Crippen LogP contribution in [0.15, 0.2) is 24.3 Å². The number of aliphatic hydroxyl groups is 1. The van der Waals surface area contributed by atoms with Crippen molar-refractivity contribution in [3.8, 4) is 5.75 Å². The van der Waals surface area contributed by atoms with E-state index < -0.39 is 6.10 Å². The Kier molecular flexibility index (Phi) is 5.18. The number of benzene rings is 1. The van der Waals surface area contributed by atoms with E-state index in [1.54, 1.807) is 24.3 Å². The summed E-state index contributed by atoms with van der Waals surface area (Å²) in [6, 6.07) is 6.70. The molecule has 1 aromatic carbocycles. The molecule has 0 spiro atoms. The molecule has 3 unspecified atom stereocenters. The van der Waals surface area contributed by atoms with Crippen LogP contribution < -0.4 is 4.74 Å². The Labute approximate surface area is 146 Å². The Morgan fingerprint density at radius 1 is 1.24 bits per heavy atom. The van der Waals surface area contributed by atoms with Crippen LogP contribution in [0.4, 0.5) is 0 Å². The molecule has 1 saturated heterocycles. The van der Waals surface area contributed by atoms with Gasteiger partial charge in [-0.25, -0.2) is 0 Å². The normalized spacial score (nSPS) is 24.2. The molecule has 134 valence electrons. The monoisotopic (exact) mass is 345 g/mol. The second kappa shape index (κ2) is 7.35. The second-order valence-corrected chi connectivity index (χ2v) is 6.83. The number of ether oxygens (including phenoxy) is 1. The number of hydrogen-bond acceptors (Lipinski definition) is 5. The smallest absolute Gasteiger partial charge is 0.233 e. The molecular formula is C19H23NO5. The van der Waals surface area contributed by atoms with E-state index in [1.165, 1.54) is 11.8 Å². The van der Waals surface area contributed by atoms with E-state index in [2.05, 4.69) is 0 Å². The summed E-state index contributed by atoms with van der Waals surface area (Å²) < 4.78 is 5.51. The first-order valence-electron chi connectivity index (χ1n) is 8.74. The van der Waals surface area contributed by atoms with Gasteiger partial charge in [-0.05, 0) is 31.9 Å². The fraction of sp³-hybridized carbons (Fsp3) is 0.526. The summed E-state index contributed by atoms with van der Waals surface area (Å²) in [4.78, 5) is 37.4. The summed E-state index contributed by atoms with van der Waals surface area (Å²) in [7, 11) is 0. The van der Waals surface area contributed by atoms with Crippen LogP contribution in [0, 0.1) is 11.8 Å². The third-order valence-corrected chi connectivity index (χ3v) is 5.01. The molecule has 1 aromatic rings. The highest BCUT2D eigenvalue weighted by atomic mass is 16.5. The molecule has 1 aliphatic carbocycles. The van der Waals surface area contributed by atoms with Crippen molar-refractivity contribution in [2.75, 3.05) is 13.2 Å². The van der Waals surface area contributed by atoms with Gasteiger partial charge in [0.05, 0.1) is 18.4 Å². The van der Waals surface area contributed by atoms with Gasteiger partial charge >= 0.3 is 0 Å². The summed E-state index contributed by atoms with van der Waals surface area (Å²) in [5.41, 5.74) is 0.529. The number of amides is 2. The highest BCUT2D eigenvalue weighted by molar-refractivity contribution is 6.05. The fourth-order valence-electron chi connectivity index (χ4n) is 3.67. The molecular weight excluding hydrogens is 322 g/mol. The minimum atomic E-state index is -0.964. The largest absolute Gasteiger partial charge is 0.491 e. The summed E-state index contributed by atoms with van der Waals surface area (Å²) in [5.74, 6) is -0.329. The Balaban J connectivity index is 1.56. The lowest BCUT2D eigenvalue weighted by Gasteiger charge is -2.19. The van der Waals surface area contributed by atoms with Gasteiger partial charge in [-0.3, -0.25) is 19.3 Å². The number of carbonyl (C=O) groups is 3. The molecule has 1 N–H and O–H groups in total. The molecule has 0 bridgehead atoms. The van der Waals surface area contributed by atoms with Crippen molar-refractivity contribution in [2.45, 2.75) is 38.7 Å². The van der Waals surface area contributed by atoms with Gasteiger partial charge in [0.15, 0.2) is 5.78 Å². The number of carbonyl (C=O) groups excluding carboxylic acids is 3. The van der Waals surface area contributed by atoms with Crippen LogP contribution >= 0.6 is 0 Å². The molecule has 2 fully saturated rings. The Hall–Kier alpha value is -2.21. The molecule has 0 radical (unpaired) electrons. The number of nitrogens with zero attached hydrogens (tertiary/aromatic N) is 1. The highest BCUT2D eigenvalue weighted by Crippen LogP contribution is 2.37. The quantitative estimate of drug-likeness (QED) is 0.628. The maximum atomic E-state index is 12.4. The molecule has 1 aliphatic heterocycles. The minimum Gasteiger partial charge on any atom is -0.491 e. The standard InChI is InChI=1S/C19H23NO5/c1-12(21)13-5-4-6-15(9-13)25-11-14(22)10-20-18(23)16-7-2-3-8-17(16)19(20)24/h4-6,9,14,16-17,22H,2-3,7-8,10-11H2,1H3. The Bertz CT molecular complexity index is 662. The number of ketones is 1. The molecule has 25 heavy (non-hydrogen) atoms. The lowest BCUT2D eigenvalue weighted by Crippen LogP contribution is -2.40. The Morgan fingerprint density at radius 3 is 2.48 bits per heavy atom. The summed E-state index contributed by atoms with van der Waals surface area (Å²) >= 11 is 0. The molecule has 2 amide bonds. The van der Waals surface area contributed by atoms with Crippen molar-refractivity contribution in [2.24, 2.45) is 11.8 Å². The van der Waals surface area contributed by atoms with Gasteiger partial charge in [-0.2, -0.15) is 0 Å². The number of β-amino-alcohol motifs (C(OH)–C–C–N with tert-alkyl or cyclic N) is 1. The molecule has 0 aromatic heterocycles. The van der Waals surface area contributed by atoms with Crippen LogP contribution in [-0.4, -0.2) is 46.9 Å². The van der Waals surface area contributed by atoms with Crippen molar-refractivity contribution in [1.29, 1.82) is 0 Å². The average Bonchev–Trinajstić information content (AvgIpc) is 2.85. The first-order chi connectivity index (χ1) is 12.0. The highest BCUT2D eigenvalue weighted by Gasteiger charge is 2.48. The lowest BCUT2D eigenvalue weighted by atomic mass is 9.81. The lowest BCUT2D eigenvalue weighted by molar-refractivity contribution is -0.141. The number of likely N-dealkylation sites (tertiary alicyclic amines) is 1. The van der Waals surface area contributed by atoms with Gasteiger partial charge in [0.2, 0.25) is 11.8 Å². The SMILES string of the molecule is CC(=O)c1cccc(OCC(O)CN2C(=O)C3CCCCC3C2=O)c1. The van der Waals surface area contributed by atoms with Crippen molar-refractivity contribution >= 4 is 17.6 Å². The zero-order valence-corrected chi connectivity index (χ0v) is 14.3. The molecule has 1 saturated carbocycles. The zero-order valence-electron chi connectivity index (χ0n) is 14.3. The van der Waals surface area contributed by atoms with Crippen LogP contribution in [-0.2, 0) is 9.59 Å². The van der Waals surface area contributed by atoms with Gasteiger partial charge in [-0.1, -0.05) is 25.0 Å². The predicted octanol–water partition coefficient (Wildman–Crippen LogP) is 1.80. The van der Waals surface area contributed by atoms with Crippen LogP contribution in [0.3, 0.4) is 0 Å². The number of Topliss-reactive ketones (excluding diaryl/α,β-unsaturated/α-hetero) is 1. The summed E-state index contributed by atoms with van der Waals surface area (Å²) in [5, 5.41) is 10.2. The van der Waals surface area contributed by atoms with E-state index in [4.69, 9.17) is 4.74 Å². The number of rotatable bonds is 6. The fourth-order valence-corrected chi connectivity index (χ4v) is 3.67. The number of imide groups is 1. The first-order valence-corrected chi connectivity index (χ1v) is 8.74. The van der Waals surface area contributed by atoms with E-state index in [0.717, 1.165) is 25.7 Å². The third-order valence-electron chi connectivity index (χ3n) is 5.01. The molecule has 2 aliphatic rings. The third kappa shape index (κ3) is 3.74. The van der Waals surface area contributed by atoms with Gasteiger partial charge in [0, 0.05) is 5.56 Å². The van der Waals surface area contributed by atoms with Crippen LogP contribution in [0.1, 0.15) is 43.0 Å². The summed E-state index contributed by atoms with van der Waals surface area (Å²) in [6.45, 7) is 1.38. The van der Waals surface area contributed by atoms with Crippen molar-refractivity contribution in [3.63, 3.8) is 0 Å². The maximum Gasteiger partial charge on any atom is 0.233 e. The topological polar surface area (TPSA) is 83.9 Å². The van der Waals surface area contributed by atoms with Crippen molar-refractivity contribution < 1.29 is 24.2 Å². The number of hydrogen-bond donors (Lipinski definition) is 1. The number of aliphatic hydroxyl groups excluding tert-OH is 1. The van der Waals surface area contributed by atoms with E-state index in [-0.39, 0.29) is 42.6 Å². The number of fused-ring (bicyclic) bond motifs is 1. The van der Waals surface area contributed by atoms with Gasteiger partial charge < -0.3 is 9.84 Å². The van der Waals surface area contributed by atoms with Crippen LogP contribution in [0.5, 0.6) is 5.75 Å². The minimum absolute atomic E-state index is 0.0446. The van der Waals surface area contributed by atoms with E-state index in [1.807, 2.05) is 0 Å².